The molecule has 1 saturated carbocycles. The fourth-order valence-electron chi connectivity index (χ4n) is 2.86. The Balaban J connectivity index is 2.11. The van der Waals surface area contributed by atoms with Crippen LogP contribution in [0.3, 0.4) is 0 Å². The van der Waals surface area contributed by atoms with E-state index < -0.39 is 17.0 Å². The number of hydrogen-bond acceptors (Lipinski definition) is 6. The molecule has 8 nitrogen and oxygen atoms in total. The summed E-state index contributed by atoms with van der Waals surface area (Å²) in [5.74, 6) is -1.11. The van der Waals surface area contributed by atoms with Gasteiger partial charge in [-0.1, -0.05) is 12.8 Å². The summed E-state index contributed by atoms with van der Waals surface area (Å²) in [6.07, 6.45) is 3.06. The van der Waals surface area contributed by atoms with Gasteiger partial charge in [-0.2, -0.15) is 0 Å². The van der Waals surface area contributed by atoms with Crippen molar-refractivity contribution >= 4 is 23.3 Å². The minimum Gasteiger partial charge on any atom is -0.449 e. The van der Waals surface area contributed by atoms with Gasteiger partial charge >= 0.3 is 5.97 Å². The van der Waals surface area contributed by atoms with Gasteiger partial charge in [0.05, 0.1) is 16.2 Å². The van der Waals surface area contributed by atoms with E-state index in [9.17, 15) is 19.7 Å². The lowest BCUT2D eigenvalue weighted by Gasteiger charge is -2.19. The number of nitro groups is 1. The molecule has 2 rings (SSSR count). The summed E-state index contributed by atoms with van der Waals surface area (Å²) in [5, 5.41) is 13.8. The van der Waals surface area contributed by atoms with Gasteiger partial charge in [0.2, 0.25) is 0 Å². The second-order valence-corrected chi connectivity index (χ2v) is 6.39. The second kappa shape index (κ2) is 7.96. The van der Waals surface area contributed by atoms with Gasteiger partial charge in [-0.15, -0.1) is 0 Å². The molecule has 1 aliphatic rings. The highest BCUT2D eigenvalue weighted by molar-refractivity contribution is 5.98. The van der Waals surface area contributed by atoms with Crippen molar-refractivity contribution in [2.24, 2.45) is 0 Å². The first kappa shape index (κ1) is 18.7. The molecular weight excluding hydrogens is 326 g/mol. The van der Waals surface area contributed by atoms with Crippen molar-refractivity contribution in [1.82, 2.24) is 5.32 Å². The van der Waals surface area contributed by atoms with E-state index in [0.717, 1.165) is 25.7 Å². The first-order valence-corrected chi connectivity index (χ1v) is 8.26. The Kier molecular flexibility index (Phi) is 5.95. The number of rotatable bonds is 6. The summed E-state index contributed by atoms with van der Waals surface area (Å²) < 4.78 is 5.23. The zero-order chi connectivity index (χ0) is 18.6. The predicted octanol–water partition coefficient (Wildman–Crippen LogP) is 2.26. The Labute approximate surface area is 146 Å². The lowest BCUT2D eigenvalue weighted by Crippen LogP contribution is -2.41. The van der Waals surface area contributed by atoms with Crippen LogP contribution >= 0.6 is 0 Å². The van der Waals surface area contributed by atoms with Gasteiger partial charge in [0.25, 0.3) is 11.6 Å². The maximum Gasteiger partial charge on any atom is 0.341 e. The third-order valence-corrected chi connectivity index (χ3v) is 4.25. The van der Waals surface area contributed by atoms with Crippen molar-refractivity contribution in [2.45, 2.75) is 44.8 Å². The van der Waals surface area contributed by atoms with Gasteiger partial charge in [-0.25, -0.2) is 4.79 Å². The van der Waals surface area contributed by atoms with E-state index in [2.05, 4.69) is 5.32 Å². The molecule has 1 aromatic carbocycles. The number of carbonyl (C=O) groups excluding carboxylic acids is 2. The Hall–Kier alpha value is -2.64. The summed E-state index contributed by atoms with van der Waals surface area (Å²) in [6.45, 7) is 1.49. The van der Waals surface area contributed by atoms with Crippen molar-refractivity contribution in [1.29, 1.82) is 0 Å². The zero-order valence-corrected chi connectivity index (χ0v) is 14.7. The molecule has 0 heterocycles. The SMILES string of the molecule is C[C@@H](OC(=O)c1cc([N+](=O)[O-])ccc1N(C)C)C(=O)NC1CCCC1. The Morgan fingerprint density at radius 3 is 2.52 bits per heavy atom. The van der Waals surface area contributed by atoms with Gasteiger partial charge in [0, 0.05) is 32.3 Å². The number of amides is 1. The van der Waals surface area contributed by atoms with E-state index in [1.165, 1.54) is 25.1 Å². The molecule has 0 unspecified atom stereocenters. The van der Waals surface area contributed by atoms with E-state index in [0.29, 0.717) is 5.69 Å². The van der Waals surface area contributed by atoms with Gasteiger partial charge < -0.3 is 15.0 Å². The number of hydrogen-bond donors (Lipinski definition) is 1. The van der Waals surface area contributed by atoms with Gasteiger partial charge in [0.1, 0.15) is 0 Å². The molecule has 25 heavy (non-hydrogen) atoms. The van der Waals surface area contributed by atoms with Crippen molar-refractivity contribution in [2.75, 3.05) is 19.0 Å². The number of non-ortho nitro benzene ring substituents is 1. The van der Waals surface area contributed by atoms with E-state index in [-0.39, 0.29) is 23.2 Å². The summed E-state index contributed by atoms with van der Waals surface area (Å²) in [5.41, 5.74) is 0.333. The molecule has 1 N–H and O–H groups in total. The maximum atomic E-state index is 12.4. The van der Waals surface area contributed by atoms with Gasteiger partial charge in [0.15, 0.2) is 6.10 Å². The van der Waals surface area contributed by atoms with Crippen molar-refractivity contribution in [3.63, 3.8) is 0 Å². The number of nitro benzene ring substituents is 1. The predicted molar refractivity (Wildman–Crippen MR) is 92.7 cm³/mol. The minimum atomic E-state index is -0.970. The Morgan fingerprint density at radius 2 is 1.96 bits per heavy atom. The Bertz CT molecular complexity index is 668. The van der Waals surface area contributed by atoms with Gasteiger partial charge in [-0.05, 0) is 25.8 Å². The highest BCUT2D eigenvalue weighted by Gasteiger charge is 2.26. The number of ether oxygens (including phenoxy) is 1. The molecule has 0 bridgehead atoms. The summed E-state index contributed by atoms with van der Waals surface area (Å²) >= 11 is 0. The molecule has 1 amide bonds. The highest BCUT2D eigenvalue weighted by atomic mass is 16.6. The van der Waals surface area contributed by atoms with Crippen LogP contribution in [0.25, 0.3) is 0 Å². The van der Waals surface area contributed by atoms with Crippen LogP contribution in [0.1, 0.15) is 43.0 Å². The first-order valence-electron chi connectivity index (χ1n) is 8.26. The fraction of sp³-hybridized carbons (Fsp3) is 0.529. The van der Waals surface area contributed by atoms with Crippen LogP contribution < -0.4 is 10.2 Å². The first-order chi connectivity index (χ1) is 11.8. The van der Waals surface area contributed by atoms with Crippen LogP contribution in [0.4, 0.5) is 11.4 Å². The third-order valence-electron chi connectivity index (χ3n) is 4.25. The number of carbonyl (C=O) groups is 2. The molecule has 1 atom stereocenters. The molecule has 0 aliphatic heterocycles. The monoisotopic (exact) mass is 349 g/mol. The topological polar surface area (TPSA) is 102 Å². The summed E-state index contributed by atoms with van der Waals surface area (Å²) in [7, 11) is 3.43. The zero-order valence-electron chi connectivity index (χ0n) is 14.7. The Morgan fingerprint density at radius 1 is 1.32 bits per heavy atom. The lowest BCUT2D eigenvalue weighted by molar-refractivity contribution is -0.384. The van der Waals surface area contributed by atoms with Crippen LogP contribution in [-0.2, 0) is 9.53 Å². The average Bonchev–Trinajstić information content (AvgIpc) is 3.06. The second-order valence-electron chi connectivity index (χ2n) is 6.39. The van der Waals surface area contributed by atoms with E-state index >= 15 is 0 Å². The van der Waals surface area contributed by atoms with Crippen molar-refractivity contribution in [3.8, 4) is 0 Å². The molecule has 1 fully saturated rings. The number of nitrogens with zero attached hydrogens (tertiary/aromatic N) is 2. The summed E-state index contributed by atoms with van der Waals surface area (Å²) in [4.78, 5) is 36.6. The molecule has 1 aromatic rings. The number of benzene rings is 1. The molecule has 0 aromatic heterocycles. The van der Waals surface area contributed by atoms with E-state index in [1.54, 1.807) is 19.0 Å². The molecule has 136 valence electrons. The molecule has 8 heteroatoms. The molecule has 0 spiro atoms. The minimum absolute atomic E-state index is 0.0553. The van der Waals surface area contributed by atoms with Crippen LogP contribution in [0.5, 0.6) is 0 Å². The summed E-state index contributed by atoms with van der Waals surface area (Å²) in [6, 6.07) is 4.10. The quantitative estimate of drug-likeness (QED) is 0.480. The van der Waals surface area contributed by atoms with Crippen LogP contribution in [-0.4, -0.2) is 43.0 Å². The van der Waals surface area contributed by atoms with Crippen molar-refractivity contribution in [3.05, 3.63) is 33.9 Å². The number of nitrogens with one attached hydrogen (secondary N) is 1. The largest absolute Gasteiger partial charge is 0.449 e. The van der Waals surface area contributed by atoms with Crippen molar-refractivity contribution < 1.29 is 19.2 Å². The van der Waals surface area contributed by atoms with E-state index in [4.69, 9.17) is 4.74 Å². The maximum absolute atomic E-state index is 12.4. The van der Waals surface area contributed by atoms with Crippen LogP contribution in [0.15, 0.2) is 18.2 Å². The average molecular weight is 349 g/mol. The fourth-order valence-corrected chi connectivity index (χ4v) is 2.86. The smallest absolute Gasteiger partial charge is 0.341 e. The number of anilines is 1. The molecule has 0 radical (unpaired) electrons. The van der Waals surface area contributed by atoms with Crippen LogP contribution in [0.2, 0.25) is 0 Å². The highest BCUT2D eigenvalue weighted by Crippen LogP contribution is 2.25. The molecule has 0 saturated heterocycles. The van der Waals surface area contributed by atoms with E-state index in [1.807, 2.05) is 0 Å². The lowest BCUT2D eigenvalue weighted by atomic mass is 10.1. The van der Waals surface area contributed by atoms with Crippen LogP contribution in [0, 0.1) is 10.1 Å². The standard InChI is InChI=1S/C17H23N3O5/c1-11(16(21)18-12-6-4-5-7-12)25-17(22)14-10-13(20(23)24)8-9-15(14)19(2)3/h8-12H,4-7H2,1-3H3,(H,18,21)/t11-/m1/s1. The molecule has 1 aliphatic carbocycles. The molecular formula is C17H23N3O5. The normalized spacial score (nSPS) is 15.5. The number of esters is 1. The third kappa shape index (κ3) is 4.68. The van der Waals surface area contributed by atoms with Gasteiger partial charge in [-0.3, -0.25) is 14.9 Å².